The summed E-state index contributed by atoms with van der Waals surface area (Å²) in [7, 11) is -3.76. The van der Waals surface area contributed by atoms with Crippen LogP contribution >= 0.6 is 0 Å². The molecule has 0 spiro atoms. The lowest BCUT2D eigenvalue weighted by molar-refractivity contribution is 0.0697. The molecule has 2 rings (SSSR count). The maximum atomic E-state index is 13.1. The quantitative estimate of drug-likeness (QED) is 0.866. The molecular formula is C11H11F2NO4S. The Hall–Kier alpha value is -1.70. The number of halogens is 2. The lowest BCUT2D eigenvalue weighted by Gasteiger charge is -2.10. The van der Waals surface area contributed by atoms with E-state index in [2.05, 4.69) is 0 Å². The second-order valence-electron chi connectivity index (χ2n) is 4.44. The van der Waals surface area contributed by atoms with Crippen molar-refractivity contribution in [2.45, 2.75) is 12.8 Å². The second kappa shape index (κ2) is 4.76. The SMILES string of the molecule is O=C(O)c1cc(F)c(F)cc1NS(=O)(=O)CC1CC1. The summed E-state index contributed by atoms with van der Waals surface area (Å²) in [5.41, 5.74) is -1.09. The molecule has 104 valence electrons. The van der Waals surface area contributed by atoms with Crippen LogP contribution in [0.4, 0.5) is 14.5 Å². The minimum absolute atomic E-state index is 0.0519. The molecule has 0 saturated heterocycles. The van der Waals surface area contributed by atoms with Gasteiger partial charge in [-0.1, -0.05) is 0 Å². The van der Waals surface area contributed by atoms with Gasteiger partial charge in [-0.05, 0) is 24.8 Å². The minimum atomic E-state index is -3.76. The first-order chi connectivity index (χ1) is 8.78. The Morgan fingerprint density at radius 2 is 1.89 bits per heavy atom. The van der Waals surface area contributed by atoms with Crippen LogP contribution in [0, 0.1) is 17.6 Å². The van der Waals surface area contributed by atoms with Gasteiger partial charge in [0.15, 0.2) is 11.6 Å². The molecule has 0 unspecified atom stereocenters. The van der Waals surface area contributed by atoms with E-state index in [1.54, 1.807) is 0 Å². The van der Waals surface area contributed by atoms with Crippen LogP contribution in [0.25, 0.3) is 0 Å². The molecule has 2 N–H and O–H groups in total. The van der Waals surface area contributed by atoms with Gasteiger partial charge in [0.2, 0.25) is 10.0 Å². The van der Waals surface area contributed by atoms with Crippen LogP contribution < -0.4 is 4.72 Å². The first-order valence-corrected chi connectivity index (χ1v) is 7.16. The predicted octanol–water partition coefficient (Wildman–Crippen LogP) is 1.81. The molecule has 1 aliphatic carbocycles. The zero-order valence-electron chi connectivity index (χ0n) is 9.69. The predicted molar refractivity (Wildman–Crippen MR) is 63.5 cm³/mol. The number of hydrogen-bond acceptors (Lipinski definition) is 3. The highest BCUT2D eigenvalue weighted by Crippen LogP contribution is 2.31. The highest BCUT2D eigenvalue weighted by atomic mass is 32.2. The fraction of sp³-hybridized carbons (Fsp3) is 0.364. The Kier molecular flexibility index (Phi) is 3.44. The standard InChI is InChI=1S/C11H11F2NO4S/c12-8-3-7(11(15)16)10(4-9(8)13)14-19(17,18)5-6-1-2-6/h3-4,6,14H,1-2,5H2,(H,15,16). The summed E-state index contributed by atoms with van der Waals surface area (Å²) in [4.78, 5) is 10.9. The number of rotatable bonds is 5. The molecule has 5 nitrogen and oxygen atoms in total. The minimum Gasteiger partial charge on any atom is -0.478 e. The van der Waals surface area contributed by atoms with E-state index in [1.165, 1.54) is 0 Å². The monoisotopic (exact) mass is 291 g/mol. The van der Waals surface area contributed by atoms with E-state index in [-0.39, 0.29) is 11.7 Å². The van der Waals surface area contributed by atoms with Gasteiger partial charge in [-0.3, -0.25) is 4.72 Å². The van der Waals surface area contributed by atoms with Crippen molar-refractivity contribution >= 4 is 21.7 Å². The maximum absolute atomic E-state index is 13.1. The Morgan fingerprint density at radius 1 is 1.32 bits per heavy atom. The number of carboxylic acids is 1. The van der Waals surface area contributed by atoms with Crippen molar-refractivity contribution in [2.75, 3.05) is 10.5 Å². The van der Waals surface area contributed by atoms with Crippen LogP contribution in [0.5, 0.6) is 0 Å². The number of benzene rings is 1. The van der Waals surface area contributed by atoms with E-state index < -0.39 is 38.9 Å². The summed E-state index contributed by atoms with van der Waals surface area (Å²) < 4.78 is 51.4. The van der Waals surface area contributed by atoms with Gasteiger partial charge in [0.05, 0.1) is 17.0 Å². The van der Waals surface area contributed by atoms with Crippen LogP contribution in [0.1, 0.15) is 23.2 Å². The summed E-state index contributed by atoms with van der Waals surface area (Å²) in [6, 6.07) is 0.982. The molecule has 0 bridgehead atoms. The van der Waals surface area contributed by atoms with Crippen molar-refractivity contribution in [3.63, 3.8) is 0 Å². The normalized spacial score (nSPS) is 15.3. The molecule has 19 heavy (non-hydrogen) atoms. The third-order valence-corrected chi connectivity index (χ3v) is 4.15. The number of hydrogen-bond donors (Lipinski definition) is 2. The number of aromatic carboxylic acids is 1. The third kappa shape index (κ3) is 3.40. The zero-order chi connectivity index (χ0) is 14.2. The summed E-state index contributed by atoms with van der Waals surface area (Å²) in [5, 5.41) is 8.85. The summed E-state index contributed by atoms with van der Waals surface area (Å²) in [5.74, 6) is -4.29. The summed E-state index contributed by atoms with van der Waals surface area (Å²) in [6.07, 6.45) is 1.59. The van der Waals surface area contributed by atoms with Gasteiger partial charge in [-0.15, -0.1) is 0 Å². The number of nitrogens with one attached hydrogen (secondary N) is 1. The van der Waals surface area contributed by atoms with Crippen LogP contribution in [0.15, 0.2) is 12.1 Å². The van der Waals surface area contributed by atoms with E-state index in [0.29, 0.717) is 12.1 Å². The molecule has 0 aromatic heterocycles. The first-order valence-electron chi connectivity index (χ1n) is 5.51. The average Bonchev–Trinajstić information content (AvgIpc) is 3.05. The van der Waals surface area contributed by atoms with Crippen molar-refractivity contribution in [3.8, 4) is 0 Å². The van der Waals surface area contributed by atoms with Crippen LogP contribution in [0.3, 0.4) is 0 Å². The number of sulfonamides is 1. The highest BCUT2D eigenvalue weighted by molar-refractivity contribution is 7.92. The molecule has 1 fully saturated rings. The summed E-state index contributed by atoms with van der Waals surface area (Å²) >= 11 is 0. The Morgan fingerprint density at radius 3 is 2.42 bits per heavy atom. The fourth-order valence-corrected chi connectivity index (χ4v) is 3.15. The molecular weight excluding hydrogens is 280 g/mol. The molecule has 1 aromatic rings. The lowest BCUT2D eigenvalue weighted by Crippen LogP contribution is -2.20. The number of carboxylic acid groups (broad SMARTS) is 1. The third-order valence-electron chi connectivity index (χ3n) is 2.71. The van der Waals surface area contributed by atoms with E-state index in [1.807, 2.05) is 4.72 Å². The van der Waals surface area contributed by atoms with Crippen LogP contribution in [-0.2, 0) is 10.0 Å². The van der Waals surface area contributed by atoms with E-state index in [0.717, 1.165) is 12.8 Å². The maximum Gasteiger partial charge on any atom is 0.337 e. The molecule has 0 aliphatic heterocycles. The zero-order valence-corrected chi connectivity index (χ0v) is 10.5. The Bertz CT molecular complexity index is 626. The van der Waals surface area contributed by atoms with Gasteiger partial charge >= 0.3 is 5.97 Å². The van der Waals surface area contributed by atoms with Crippen molar-refractivity contribution in [2.24, 2.45) is 5.92 Å². The van der Waals surface area contributed by atoms with Gasteiger partial charge < -0.3 is 5.11 Å². The molecule has 1 saturated carbocycles. The molecule has 0 heterocycles. The van der Waals surface area contributed by atoms with Gasteiger partial charge in [0.1, 0.15) is 0 Å². The molecule has 0 amide bonds. The van der Waals surface area contributed by atoms with Gasteiger partial charge in [0, 0.05) is 6.07 Å². The molecule has 0 radical (unpaired) electrons. The van der Waals surface area contributed by atoms with Crippen LogP contribution in [0.2, 0.25) is 0 Å². The van der Waals surface area contributed by atoms with E-state index >= 15 is 0 Å². The highest BCUT2D eigenvalue weighted by Gasteiger charge is 2.29. The molecule has 8 heteroatoms. The molecule has 1 aliphatic rings. The number of anilines is 1. The molecule has 0 atom stereocenters. The van der Waals surface area contributed by atoms with Gasteiger partial charge in [-0.2, -0.15) is 0 Å². The first kappa shape index (κ1) is 13.7. The average molecular weight is 291 g/mol. The Balaban J connectivity index is 2.32. The fourth-order valence-electron chi connectivity index (χ4n) is 1.61. The van der Waals surface area contributed by atoms with Crippen molar-refractivity contribution in [1.82, 2.24) is 0 Å². The van der Waals surface area contributed by atoms with Crippen LogP contribution in [-0.4, -0.2) is 25.2 Å². The topological polar surface area (TPSA) is 83.5 Å². The smallest absolute Gasteiger partial charge is 0.337 e. The summed E-state index contributed by atoms with van der Waals surface area (Å²) in [6.45, 7) is 0. The Labute approximate surface area is 108 Å². The second-order valence-corrected chi connectivity index (χ2v) is 6.21. The van der Waals surface area contributed by atoms with Crippen molar-refractivity contribution < 1.29 is 27.1 Å². The van der Waals surface area contributed by atoms with Crippen molar-refractivity contribution in [3.05, 3.63) is 29.3 Å². The van der Waals surface area contributed by atoms with E-state index in [9.17, 15) is 22.0 Å². The lowest BCUT2D eigenvalue weighted by atomic mass is 10.2. The largest absolute Gasteiger partial charge is 0.478 e. The number of carbonyl (C=O) groups is 1. The van der Waals surface area contributed by atoms with Gasteiger partial charge in [-0.25, -0.2) is 22.0 Å². The van der Waals surface area contributed by atoms with Gasteiger partial charge in [0.25, 0.3) is 0 Å². The van der Waals surface area contributed by atoms with E-state index in [4.69, 9.17) is 5.11 Å². The molecule has 1 aromatic carbocycles. The van der Waals surface area contributed by atoms with Crippen molar-refractivity contribution in [1.29, 1.82) is 0 Å².